The molecule has 0 spiro atoms. The molecule has 1 aromatic heterocycles. The molecule has 10 heteroatoms. The number of aromatic nitrogens is 2. The number of nitrogens with zero attached hydrogens (tertiary/aromatic N) is 3. The smallest absolute Gasteiger partial charge is 0.393 e. The summed E-state index contributed by atoms with van der Waals surface area (Å²) in [6, 6.07) is 11.3. The van der Waals surface area contributed by atoms with Gasteiger partial charge in [0.25, 0.3) is 0 Å². The first-order valence-electron chi connectivity index (χ1n) is 11.0. The fourth-order valence-corrected chi connectivity index (χ4v) is 4.04. The van der Waals surface area contributed by atoms with E-state index in [2.05, 4.69) is 15.3 Å². The zero-order chi connectivity index (χ0) is 25.2. The number of hydrogen-bond acceptors (Lipinski definition) is 5. The zero-order valence-corrected chi connectivity index (χ0v) is 19.1. The lowest BCUT2D eigenvalue weighted by Gasteiger charge is -2.27. The van der Waals surface area contributed by atoms with Gasteiger partial charge in [-0.1, -0.05) is 18.2 Å². The molecule has 1 aliphatic rings. The molecule has 2 aromatic carbocycles. The number of amides is 1. The van der Waals surface area contributed by atoms with Gasteiger partial charge in [-0.05, 0) is 48.7 Å². The topological polar surface area (TPSA) is 67.3 Å². The molecule has 2 atom stereocenters. The van der Waals surface area contributed by atoms with Crippen molar-refractivity contribution >= 4 is 11.6 Å². The number of aryl methyl sites for hydroxylation is 1. The Labute approximate surface area is 200 Å². The van der Waals surface area contributed by atoms with Crippen LogP contribution in [0.2, 0.25) is 0 Å². The van der Waals surface area contributed by atoms with Crippen molar-refractivity contribution < 1.29 is 27.1 Å². The Kier molecular flexibility index (Phi) is 7.02. The van der Waals surface area contributed by atoms with Crippen molar-refractivity contribution in [3.63, 3.8) is 0 Å². The van der Waals surface area contributed by atoms with Gasteiger partial charge in [0.1, 0.15) is 5.75 Å². The lowest BCUT2D eigenvalue weighted by Crippen LogP contribution is -2.43. The Hall–Kier alpha value is -3.53. The number of benzene rings is 2. The molecule has 0 radical (unpaired) electrons. The molecule has 35 heavy (non-hydrogen) atoms. The van der Waals surface area contributed by atoms with Crippen LogP contribution < -0.4 is 15.0 Å². The molecule has 184 valence electrons. The molecule has 3 aromatic rings. The van der Waals surface area contributed by atoms with E-state index >= 15 is 0 Å². The van der Waals surface area contributed by atoms with Crippen LogP contribution in [0.1, 0.15) is 17.5 Å². The third-order valence-corrected chi connectivity index (χ3v) is 6.05. The summed E-state index contributed by atoms with van der Waals surface area (Å²) in [5.74, 6) is -1.71. The molecule has 1 saturated heterocycles. The van der Waals surface area contributed by atoms with Crippen LogP contribution in [0.15, 0.2) is 54.9 Å². The zero-order valence-electron chi connectivity index (χ0n) is 19.1. The number of carbonyl (C=O) groups is 1. The number of hydrogen-bond donors (Lipinski definition) is 1. The molecule has 1 amide bonds. The first kappa shape index (κ1) is 24.6. The molecule has 1 fully saturated rings. The Bertz CT molecular complexity index is 1180. The minimum absolute atomic E-state index is 0.129. The quantitative estimate of drug-likeness (QED) is 0.511. The average Bonchev–Trinajstić information content (AvgIpc) is 3.35. The second kappa shape index (κ2) is 9.99. The van der Waals surface area contributed by atoms with E-state index in [1.807, 2.05) is 6.92 Å². The monoisotopic (exact) mass is 488 g/mol. The molecule has 2 unspecified atom stereocenters. The number of anilines is 1. The maximum absolute atomic E-state index is 13.5. The highest BCUT2D eigenvalue weighted by Crippen LogP contribution is 2.34. The van der Waals surface area contributed by atoms with Gasteiger partial charge in [-0.15, -0.1) is 0 Å². The van der Waals surface area contributed by atoms with Crippen LogP contribution >= 0.6 is 0 Å². The fraction of sp³-hybridized carbons (Fsp3) is 0.320. The molecule has 0 saturated carbocycles. The SMILES string of the molecule is COc1ccc(CN(C(=O)C2CC(C(F)(F)F)CN2)c2ccc(C)c(-c3ncc(F)cn3)c2)cc1. The summed E-state index contributed by atoms with van der Waals surface area (Å²) in [5, 5.41) is 2.73. The number of ether oxygens (including phenoxy) is 1. The predicted octanol–water partition coefficient (Wildman–Crippen LogP) is 4.67. The highest BCUT2D eigenvalue weighted by Gasteiger charge is 2.46. The van der Waals surface area contributed by atoms with Gasteiger partial charge in [0, 0.05) is 17.8 Å². The van der Waals surface area contributed by atoms with Crippen LogP contribution in [0.25, 0.3) is 11.4 Å². The number of carbonyl (C=O) groups excluding carboxylic acids is 1. The van der Waals surface area contributed by atoms with Crippen molar-refractivity contribution in [3.8, 4) is 17.1 Å². The molecule has 0 bridgehead atoms. The van der Waals surface area contributed by atoms with E-state index in [1.54, 1.807) is 49.6 Å². The molecule has 1 aliphatic heterocycles. The van der Waals surface area contributed by atoms with E-state index in [0.29, 0.717) is 17.0 Å². The maximum Gasteiger partial charge on any atom is 0.393 e. The van der Waals surface area contributed by atoms with Crippen LogP contribution in [0.5, 0.6) is 5.75 Å². The fourth-order valence-electron chi connectivity index (χ4n) is 4.04. The maximum atomic E-state index is 13.5. The Morgan fingerprint density at radius 2 is 1.83 bits per heavy atom. The third-order valence-electron chi connectivity index (χ3n) is 6.05. The molecule has 1 N–H and O–H groups in total. The molecule has 0 aliphatic carbocycles. The first-order chi connectivity index (χ1) is 16.7. The second-order valence-electron chi connectivity index (χ2n) is 8.43. The molecular formula is C25H24F4N4O2. The molecular weight excluding hydrogens is 464 g/mol. The van der Waals surface area contributed by atoms with Gasteiger partial charge in [-0.2, -0.15) is 13.2 Å². The first-order valence-corrected chi connectivity index (χ1v) is 11.0. The van der Waals surface area contributed by atoms with E-state index in [4.69, 9.17) is 4.74 Å². The number of alkyl halides is 3. The number of rotatable bonds is 6. The highest BCUT2D eigenvalue weighted by molar-refractivity contribution is 5.98. The van der Waals surface area contributed by atoms with Crippen molar-refractivity contribution in [2.24, 2.45) is 5.92 Å². The number of nitrogens with one attached hydrogen (secondary N) is 1. The van der Waals surface area contributed by atoms with Crippen molar-refractivity contribution in [2.75, 3.05) is 18.6 Å². The van der Waals surface area contributed by atoms with Gasteiger partial charge >= 0.3 is 6.18 Å². The van der Waals surface area contributed by atoms with Gasteiger partial charge in [-0.25, -0.2) is 14.4 Å². The molecule has 2 heterocycles. The van der Waals surface area contributed by atoms with E-state index in [9.17, 15) is 22.4 Å². The van der Waals surface area contributed by atoms with Crippen LogP contribution in [-0.4, -0.2) is 41.7 Å². The van der Waals surface area contributed by atoms with Gasteiger partial charge in [0.05, 0.1) is 38.0 Å². The lowest BCUT2D eigenvalue weighted by molar-refractivity contribution is -0.169. The van der Waals surface area contributed by atoms with Crippen molar-refractivity contribution in [3.05, 3.63) is 71.8 Å². The summed E-state index contributed by atoms with van der Waals surface area (Å²) in [7, 11) is 1.54. The second-order valence-corrected chi connectivity index (χ2v) is 8.43. The third kappa shape index (κ3) is 5.59. The Morgan fingerprint density at radius 1 is 1.14 bits per heavy atom. The van der Waals surface area contributed by atoms with Crippen molar-refractivity contribution in [2.45, 2.75) is 32.1 Å². The number of halogens is 4. The highest BCUT2D eigenvalue weighted by atomic mass is 19.4. The standard InChI is InChI=1S/C25H24F4N4O2/c1-15-3-6-19(10-21(15)23-31-12-18(26)13-32-23)33(14-16-4-7-20(35-2)8-5-16)24(34)22-9-17(11-30-22)25(27,28)29/h3-8,10,12-13,17,22,30H,9,11,14H2,1-2H3. The van der Waals surface area contributed by atoms with Crippen LogP contribution in [0.4, 0.5) is 23.2 Å². The van der Waals surface area contributed by atoms with Gasteiger partial charge in [0.15, 0.2) is 11.6 Å². The van der Waals surface area contributed by atoms with Crippen LogP contribution in [0, 0.1) is 18.7 Å². The van der Waals surface area contributed by atoms with Crippen LogP contribution in [-0.2, 0) is 11.3 Å². The molecule has 4 rings (SSSR count). The van der Waals surface area contributed by atoms with E-state index in [0.717, 1.165) is 23.5 Å². The molecule has 6 nitrogen and oxygen atoms in total. The van der Waals surface area contributed by atoms with E-state index < -0.39 is 29.9 Å². The summed E-state index contributed by atoms with van der Waals surface area (Å²) in [6.45, 7) is 1.65. The summed E-state index contributed by atoms with van der Waals surface area (Å²) in [6.07, 6.45) is -2.61. The van der Waals surface area contributed by atoms with Crippen LogP contribution in [0.3, 0.4) is 0 Å². The van der Waals surface area contributed by atoms with Crippen molar-refractivity contribution in [1.29, 1.82) is 0 Å². The van der Waals surface area contributed by atoms with E-state index in [-0.39, 0.29) is 25.3 Å². The van der Waals surface area contributed by atoms with Gasteiger partial charge < -0.3 is 15.0 Å². The summed E-state index contributed by atoms with van der Waals surface area (Å²) in [5.41, 5.74) is 2.62. The summed E-state index contributed by atoms with van der Waals surface area (Å²) < 4.78 is 58.2. The number of methoxy groups -OCH3 is 1. The predicted molar refractivity (Wildman–Crippen MR) is 122 cm³/mol. The lowest BCUT2D eigenvalue weighted by atomic mass is 10.0. The summed E-state index contributed by atoms with van der Waals surface area (Å²) >= 11 is 0. The Morgan fingerprint density at radius 3 is 2.43 bits per heavy atom. The normalized spacial score (nSPS) is 17.9. The minimum atomic E-state index is -4.38. The largest absolute Gasteiger partial charge is 0.497 e. The van der Waals surface area contributed by atoms with Gasteiger partial charge in [-0.3, -0.25) is 4.79 Å². The van der Waals surface area contributed by atoms with Gasteiger partial charge in [0.2, 0.25) is 5.91 Å². The van der Waals surface area contributed by atoms with E-state index in [1.165, 1.54) is 4.90 Å². The Balaban J connectivity index is 1.69. The summed E-state index contributed by atoms with van der Waals surface area (Å²) in [4.78, 5) is 23.0. The average molecular weight is 488 g/mol. The minimum Gasteiger partial charge on any atom is -0.497 e. The van der Waals surface area contributed by atoms with Crippen molar-refractivity contribution in [1.82, 2.24) is 15.3 Å².